The third-order valence-corrected chi connectivity index (χ3v) is 4.94. The number of rotatable bonds is 5. The lowest BCUT2D eigenvalue weighted by Crippen LogP contribution is -2.44. The molecule has 1 saturated heterocycles. The van der Waals surface area contributed by atoms with Crippen LogP contribution in [0.25, 0.3) is 11.1 Å². The van der Waals surface area contributed by atoms with Gasteiger partial charge in [0.1, 0.15) is 0 Å². The maximum Gasteiger partial charge on any atom is 0.265 e. The lowest BCUT2D eigenvalue weighted by Gasteiger charge is -2.32. The Bertz CT molecular complexity index is 907. The van der Waals surface area contributed by atoms with Crippen molar-refractivity contribution in [3.8, 4) is 11.1 Å². The summed E-state index contributed by atoms with van der Waals surface area (Å²) in [6.45, 7) is 6.89. The molecule has 1 N–H and O–H groups in total. The Morgan fingerprint density at radius 2 is 1.63 bits per heavy atom. The van der Waals surface area contributed by atoms with Gasteiger partial charge in [-0.1, -0.05) is 74.5 Å². The van der Waals surface area contributed by atoms with Gasteiger partial charge >= 0.3 is 0 Å². The zero-order valence-corrected chi connectivity index (χ0v) is 17.9. The smallest absolute Gasteiger partial charge is 0.265 e. The lowest BCUT2D eigenvalue weighted by atomic mass is 9.93. The van der Waals surface area contributed by atoms with E-state index in [0.717, 1.165) is 22.5 Å². The van der Waals surface area contributed by atoms with Crippen molar-refractivity contribution in [3.63, 3.8) is 0 Å². The first-order chi connectivity index (χ1) is 14.3. The molecule has 0 radical (unpaired) electrons. The van der Waals surface area contributed by atoms with Crippen LogP contribution in [-0.2, 0) is 14.4 Å². The Labute approximate surface area is 177 Å². The Morgan fingerprint density at radius 1 is 1.00 bits per heavy atom. The number of likely N-dealkylation sites (tertiary alicyclic amines) is 1. The molecule has 0 aromatic heterocycles. The summed E-state index contributed by atoms with van der Waals surface area (Å²) in [5, 5.41) is 7.02. The molecule has 2 aromatic rings. The summed E-state index contributed by atoms with van der Waals surface area (Å²) in [5.74, 6) is -0.109. The van der Waals surface area contributed by atoms with Gasteiger partial charge in [-0.3, -0.25) is 9.59 Å². The molecule has 0 bridgehead atoms. The number of piperidine rings is 1. The Balaban J connectivity index is 1.50. The van der Waals surface area contributed by atoms with E-state index in [-0.39, 0.29) is 23.8 Å². The number of anilines is 1. The number of nitrogens with one attached hydrogen (secondary N) is 1. The van der Waals surface area contributed by atoms with Gasteiger partial charge in [0, 0.05) is 42.6 Å². The van der Waals surface area contributed by atoms with E-state index in [2.05, 4.69) is 10.5 Å². The Hall–Kier alpha value is -3.15. The number of carbonyl (C=O) groups excluding carboxylic acids is 2. The molecule has 1 fully saturated rings. The third-order valence-electron chi connectivity index (χ3n) is 4.94. The lowest BCUT2D eigenvalue weighted by molar-refractivity contribution is -0.139. The molecule has 2 amide bonds. The topological polar surface area (TPSA) is 71.0 Å². The molecule has 0 unspecified atom stereocenters. The minimum atomic E-state index is -0.376. The van der Waals surface area contributed by atoms with Gasteiger partial charge < -0.3 is 15.1 Å². The zero-order valence-electron chi connectivity index (χ0n) is 17.9. The number of oxime groups is 1. The average molecular weight is 408 g/mol. The van der Waals surface area contributed by atoms with Gasteiger partial charge in [-0.15, -0.1) is 0 Å². The van der Waals surface area contributed by atoms with Gasteiger partial charge in [0.2, 0.25) is 5.91 Å². The van der Waals surface area contributed by atoms with E-state index in [4.69, 9.17) is 4.84 Å². The van der Waals surface area contributed by atoms with Crippen LogP contribution in [-0.4, -0.2) is 42.1 Å². The number of amides is 2. The number of para-hydroxylation sites is 1. The molecular weight excluding hydrogens is 378 g/mol. The van der Waals surface area contributed by atoms with Gasteiger partial charge in [-0.2, -0.15) is 0 Å². The molecule has 158 valence electrons. The monoisotopic (exact) mass is 407 g/mol. The van der Waals surface area contributed by atoms with E-state index in [1.165, 1.54) is 0 Å². The van der Waals surface area contributed by atoms with Crippen molar-refractivity contribution >= 4 is 23.2 Å². The highest BCUT2D eigenvalue weighted by molar-refractivity contribution is 5.96. The molecular formula is C24H29N3O3. The molecule has 0 aliphatic carbocycles. The van der Waals surface area contributed by atoms with Gasteiger partial charge in [-0.25, -0.2) is 0 Å². The largest absolute Gasteiger partial charge is 0.386 e. The molecule has 3 rings (SSSR count). The van der Waals surface area contributed by atoms with Crippen molar-refractivity contribution in [2.75, 3.05) is 25.0 Å². The van der Waals surface area contributed by atoms with Crippen LogP contribution in [0.2, 0.25) is 0 Å². The number of hydrogen-bond acceptors (Lipinski definition) is 4. The first kappa shape index (κ1) is 21.6. The highest BCUT2D eigenvalue weighted by atomic mass is 16.6. The maximum atomic E-state index is 12.3. The maximum absolute atomic E-state index is 12.3. The second-order valence-corrected chi connectivity index (χ2v) is 8.43. The van der Waals surface area contributed by atoms with Gasteiger partial charge in [0.25, 0.3) is 5.91 Å². The summed E-state index contributed by atoms with van der Waals surface area (Å²) in [5.41, 5.74) is 3.23. The quantitative estimate of drug-likeness (QED) is 0.750. The Morgan fingerprint density at radius 3 is 2.30 bits per heavy atom. The van der Waals surface area contributed by atoms with Crippen molar-refractivity contribution in [1.82, 2.24) is 4.90 Å². The fourth-order valence-corrected chi connectivity index (χ4v) is 3.36. The molecule has 0 saturated carbocycles. The summed E-state index contributed by atoms with van der Waals surface area (Å²) in [6, 6.07) is 17.6. The molecule has 0 atom stereocenters. The molecule has 2 aromatic carbocycles. The van der Waals surface area contributed by atoms with Crippen molar-refractivity contribution in [2.24, 2.45) is 10.6 Å². The molecule has 0 spiro atoms. The van der Waals surface area contributed by atoms with Crippen molar-refractivity contribution in [2.45, 2.75) is 33.6 Å². The highest BCUT2D eigenvalue weighted by Crippen LogP contribution is 2.27. The summed E-state index contributed by atoms with van der Waals surface area (Å²) in [6.07, 6.45) is 1.33. The molecule has 6 heteroatoms. The third kappa shape index (κ3) is 5.69. The Kier molecular flexibility index (Phi) is 6.87. The highest BCUT2D eigenvalue weighted by Gasteiger charge is 2.29. The summed E-state index contributed by atoms with van der Waals surface area (Å²) in [7, 11) is 0. The summed E-state index contributed by atoms with van der Waals surface area (Å²) in [4.78, 5) is 31.8. The van der Waals surface area contributed by atoms with E-state index in [1.54, 1.807) is 0 Å². The standard InChI is InChI=1S/C24H29N3O3/c1-24(2,3)23(29)27-15-13-19(14-16-27)26-30-17-22(28)25-21-12-8-7-11-20(21)18-9-5-4-6-10-18/h4-12H,13-17H2,1-3H3,(H,25,28). The number of carbonyl (C=O) groups is 2. The van der Waals surface area contributed by atoms with Crippen LogP contribution in [0.15, 0.2) is 59.8 Å². The second kappa shape index (κ2) is 9.57. The molecule has 30 heavy (non-hydrogen) atoms. The van der Waals surface area contributed by atoms with Crippen LogP contribution in [0.3, 0.4) is 0 Å². The molecule has 1 aliphatic heterocycles. The predicted octanol–water partition coefficient (Wildman–Crippen LogP) is 4.33. The van der Waals surface area contributed by atoms with Gasteiger partial charge in [0.15, 0.2) is 6.61 Å². The van der Waals surface area contributed by atoms with Gasteiger partial charge in [0.05, 0.1) is 5.71 Å². The average Bonchev–Trinajstić information content (AvgIpc) is 2.74. The van der Waals surface area contributed by atoms with Crippen LogP contribution in [0, 0.1) is 5.41 Å². The van der Waals surface area contributed by atoms with Crippen LogP contribution in [0.1, 0.15) is 33.6 Å². The summed E-state index contributed by atoms with van der Waals surface area (Å²) >= 11 is 0. The van der Waals surface area contributed by atoms with E-state index in [9.17, 15) is 9.59 Å². The van der Waals surface area contributed by atoms with Crippen LogP contribution < -0.4 is 5.32 Å². The zero-order chi connectivity index (χ0) is 21.6. The van der Waals surface area contributed by atoms with E-state index >= 15 is 0 Å². The molecule has 6 nitrogen and oxygen atoms in total. The molecule has 1 heterocycles. The minimum Gasteiger partial charge on any atom is -0.386 e. The van der Waals surface area contributed by atoms with E-state index < -0.39 is 0 Å². The van der Waals surface area contributed by atoms with Crippen LogP contribution >= 0.6 is 0 Å². The van der Waals surface area contributed by atoms with Gasteiger partial charge in [-0.05, 0) is 11.6 Å². The minimum absolute atomic E-state index is 0.152. The number of hydrogen-bond donors (Lipinski definition) is 1. The second-order valence-electron chi connectivity index (χ2n) is 8.43. The van der Waals surface area contributed by atoms with Crippen molar-refractivity contribution in [3.05, 3.63) is 54.6 Å². The number of nitrogens with zero attached hydrogens (tertiary/aromatic N) is 2. The van der Waals surface area contributed by atoms with E-state index in [1.807, 2.05) is 80.3 Å². The first-order valence-electron chi connectivity index (χ1n) is 10.3. The fraction of sp³-hybridized carbons (Fsp3) is 0.375. The van der Waals surface area contributed by atoms with Crippen LogP contribution in [0.5, 0.6) is 0 Å². The SMILES string of the molecule is CC(C)(C)C(=O)N1CCC(=NOCC(=O)Nc2ccccc2-c2ccccc2)CC1. The van der Waals surface area contributed by atoms with Crippen LogP contribution in [0.4, 0.5) is 5.69 Å². The first-order valence-corrected chi connectivity index (χ1v) is 10.3. The molecule has 1 aliphatic rings. The summed E-state index contributed by atoms with van der Waals surface area (Å²) < 4.78 is 0. The van der Waals surface area contributed by atoms with Crippen molar-refractivity contribution < 1.29 is 14.4 Å². The predicted molar refractivity (Wildman–Crippen MR) is 119 cm³/mol. The fourth-order valence-electron chi connectivity index (χ4n) is 3.36. The van der Waals surface area contributed by atoms with E-state index in [0.29, 0.717) is 25.9 Å². The number of benzene rings is 2. The van der Waals surface area contributed by atoms with Crippen molar-refractivity contribution in [1.29, 1.82) is 0 Å². The normalized spacial score (nSPS) is 14.2.